The van der Waals surface area contributed by atoms with E-state index in [-0.39, 0.29) is 6.61 Å². The lowest BCUT2D eigenvalue weighted by Crippen LogP contribution is -2.27. The molecule has 1 aliphatic carbocycles. The molecule has 88 valence electrons. The number of aliphatic hydroxyl groups excluding tert-OH is 1. The summed E-state index contributed by atoms with van der Waals surface area (Å²) >= 11 is 0. The van der Waals surface area contributed by atoms with Crippen LogP contribution in [-0.4, -0.2) is 23.2 Å². The van der Waals surface area contributed by atoms with Gasteiger partial charge in [0.15, 0.2) is 0 Å². The first-order chi connectivity index (χ1) is 7.83. The van der Waals surface area contributed by atoms with E-state index in [2.05, 4.69) is 16.8 Å². The Morgan fingerprint density at radius 1 is 1.44 bits per heavy atom. The summed E-state index contributed by atoms with van der Waals surface area (Å²) in [5.74, 6) is 1.93. The van der Waals surface area contributed by atoms with Crippen molar-refractivity contribution in [1.82, 2.24) is 4.98 Å². The Bertz CT molecular complexity index is 319. The summed E-state index contributed by atoms with van der Waals surface area (Å²) in [5.41, 5.74) is 0.881. The summed E-state index contributed by atoms with van der Waals surface area (Å²) in [4.78, 5) is 6.78. The highest BCUT2D eigenvalue weighted by atomic mass is 16.3. The van der Waals surface area contributed by atoms with Crippen LogP contribution in [0, 0.1) is 5.92 Å². The molecule has 0 radical (unpaired) electrons. The second-order valence-corrected chi connectivity index (χ2v) is 4.57. The fourth-order valence-corrected chi connectivity index (χ4v) is 1.88. The summed E-state index contributed by atoms with van der Waals surface area (Å²) in [7, 11) is 0. The maximum absolute atomic E-state index is 8.97. The van der Waals surface area contributed by atoms with Crippen LogP contribution in [0.25, 0.3) is 0 Å². The number of anilines is 1. The van der Waals surface area contributed by atoms with E-state index in [0.717, 1.165) is 36.8 Å². The maximum Gasteiger partial charge on any atom is 0.128 e. The first-order valence-corrected chi connectivity index (χ1v) is 6.14. The smallest absolute Gasteiger partial charge is 0.128 e. The van der Waals surface area contributed by atoms with Crippen molar-refractivity contribution in [3.63, 3.8) is 0 Å². The Morgan fingerprint density at radius 3 is 2.75 bits per heavy atom. The molecule has 16 heavy (non-hydrogen) atoms. The van der Waals surface area contributed by atoms with E-state index in [1.165, 1.54) is 12.8 Å². The Labute approximate surface area is 97.1 Å². The molecule has 0 aliphatic heterocycles. The minimum Gasteiger partial charge on any atom is -0.392 e. The van der Waals surface area contributed by atoms with E-state index in [1.54, 1.807) is 6.20 Å². The molecule has 3 nitrogen and oxygen atoms in total. The third-order valence-corrected chi connectivity index (χ3v) is 2.98. The van der Waals surface area contributed by atoms with Crippen LogP contribution < -0.4 is 4.90 Å². The SMILES string of the molecule is CCCN(CC1CC1)c1ccc(CO)cn1. The van der Waals surface area contributed by atoms with E-state index in [0.29, 0.717) is 0 Å². The lowest BCUT2D eigenvalue weighted by molar-refractivity contribution is 0.281. The lowest BCUT2D eigenvalue weighted by Gasteiger charge is -2.23. The van der Waals surface area contributed by atoms with Gasteiger partial charge in [0.1, 0.15) is 5.82 Å². The number of aliphatic hydroxyl groups is 1. The third-order valence-electron chi connectivity index (χ3n) is 2.98. The molecule has 0 aromatic carbocycles. The van der Waals surface area contributed by atoms with Crippen LogP contribution >= 0.6 is 0 Å². The zero-order chi connectivity index (χ0) is 11.4. The van der Waals surface area contributed by atoms with Crippen LogP contribution in [0.5, 0.6) is 0 Å². The van der Waals surface area contributed by atoms with Crippen LogP contribution in [0.15, 0.2) is 18.3 Å². The van der Waals surface area contributed by atoms with Crippen LogP contribution in [0.3, 0.4) is 0 Å². The van der Waals surface area contributed by atoms with Crippen molar-refractivity contribution in [2.24, 2.45) is 5.92 Å². The molecule has 0 saturated heterocycles. The van der Waals surface area contributed by atoms with E-state index in [9.17, 15) is 0 Å². The van der Waals surface area contributed by atoms with Crippen LogP contribution in [-0.2, 0) is 6.61 Å². The number of pyridine rings is 1. The van der Waals surface area contributed by atoms with Gasteiger partial charge in [-0.3, -0.25) is 0 Å². The van der Waals surface area contributed by atoms with Crippen molar-refractivity contribution in [2.45, 2.75) is 32.8 Å². The molecule has 0 atom stereocenters. The van der Waals surface area contributed by atoms with Gasteiger partial charge in [0, 0.05) is 19.3 Å². The molecule has 1 fully saturated rings. The van der Waals surface area contributed by atoms with Crippen LogP contribution in [0.2, 0.25) is 0 Å². The largest absolute Gasteiger partial charge is 0.392 e. The second-order valence-electron chi connectivity index (χ2n) is 4.57. The molecule has 1 aliphatic rings. The van der Waals surface area contributed by atoms with Crippen molar-refractivity contribution in [3.05, 3.63) is 23.9 Å². The van der Waals surface area contributed by atoms with Gasteiger partial charge in [-0.15, -0.1) is 0 Å². The van der Waals surface area contributed by atoms with Gasteiger partial charge < -0.3 is 10.0 Å². The van der Waals surface area contributed by atoms with Crippen molar-refractivity contribution in [2.75, 3.05) is 18.0 Å². The average molecular weight is 220 g/mol. The number of hydrogen-bond acceptors (Lipinski definition) is 3. The first-order valence-electron chi connectivity index (χ1n) is 6.14. The molecular weight excluding hydrogens is 200 g/mol. The molecule has 1 aromatic heterocycles. The summed E-state index contributed by atoms with van der Waals surface area (Å²) in [6, 6.07) is 3.97. The lowest BCUT2D eigenvalue weighted by atomic mass is 10.2. The molecule has 1 heterocycles. The number of nitrogens with zero attached hydrogens (tertiary/aromatic N) is 2. The fourth-order valence-electron chi connectivity index (χ4n) is 1.88. The number of hydrogen-bond donors (Lipinski definition) is 1. The predicted octanol–water partition coefficient (Wildman–Crippen LogP) is 2.20. The van der Waals surface area contributed by atoms with Gasteiger partial charge in [0.2, 0.25) is 0 Å². The molecule has 1 saturated carbocycles. The van der Waals surface area contributed by atoms with Crippen molar-refractivity contribution in [3.8, 4) is 0 Å². The number of aromatic nitrogens is 1. The highest BCUT2D eigenvalue weighted by Crippen LogP contribution is 2.31. The molecule has 3 heteroatoms. The quantitative estimate of drug-likeness (QED) is 0.798. The Balaban J connectivity index is 2.03. The minimum atomic E-state index is 0.0731. The molecule has 1 aromatic rings. The predicted molar refractivity (Wildman–Crippen MR) is 65.4 cm³/mol. The van der Waals surface area contributed by atoms with Crippen molar-refractivity contribution >= 4 is 5.82 Å². The monoisotopic (exact) mass is 220 g/mol. The van der Waals surface area contributed by atoms with E-state index in [1.807, 2.05) is 12.1 Å². The summed E-state index contributed by atoms with van der Waals surface area (Å²) in [6.45, 7) is 4.48. The van der Waals surface area contributed by atoms with Crippen molar-refractivity contribution in [1.29, 1.82) is 0 Å². The first kappa shape index (κ1) is 11.4. The highest BCUT2D eigenvalue weighted by molar-refractivity contribution is 5.39. The van der Waals surface area contributed by atoms with Crippen molar-refractivity contribution < 1.29 is 5.11 Å². The fraction of sp³-hybridized carbons (Fsp3) is 0.615. The molecule has 0 unspecified atom stereocenters. The molecule has 0 bridgehead atoms. The topological polar surface area (TPSA) is 36.4 Å². The van der Waals surface area contributed by atoms with Gasteiger partial charge in [-0.1, -0.05) is 13.0 Å². The average Bonchev–Trinajstić information content (AvgIpc) is 3.13. The molecule has 0 amide bonds. The zero-order valence-corrected chi connectivity index (χ0v) is 9.89. The van der Waals surface area contributed by atoms with E-state index < -0.39 is 0 Å². The van der Waals surface area contributed by atoms with Gasteiger partial charge >= 0.3 is 0 Å². The summed E-state index contributed by atoms with van der Waals surface area (Å²) < 4.78 is 0. The Morgan fingerprint density at radius 2 is 2.25 bits per heavy atom. The van der Waals surface area contributed by atoms with Gasteiger partial charge in [0.25, 0.3) is 0 Å². The Hall–Kier alpha value is -1.09. The molecule has 0 spiro atoms. The second kappa shape index (κ2) is 5.30. The maximum atomic E-state index is 8.97. The van der Waals surface area contributed by atoms with E-state index in [4.69, 9.17) is 5.11 Å². The normalized spacial score (nSPS) is 15.1. The highest BCUT2D eigenvalue weighted by Gasteiger charge is 2.24. The van der Waals surface area contributed by atoms with E-state index >= 15 is 0 Å². The van der Waals surface area contributed by atoms with Crippen LogP contribution in [0.1, 0.15) is 31.7 Å². The Kier molecular flexibility index (Phi) is 3.78. The summed E-state index contributed by atoms with van der Waals surface area (Å²) in [6.07, 6.45) is 5.66. The zero-order valence-electron chi connectivity index (χ0n) is 9.89. The summed E-state index contributed by atoms with van der Waals surface area (Å²) in [5, 5.41) is 8.97. The van der Waals surface area contributed by atoms with Gasteiger partial charge in [-0.25, -0.2) is 4.98 Å². The number of rotatable bonds is 6. The van der Waals surface area contributed by atoms with Gasteiger partial charge in [-0.05, 0) is 36.8 Å². The molecule has 2 rings (SSSR count). The molecular formula is C13H20N2O. The van der Waals surface area contributed by atoms with Crippen LogP contribution in [0.4, 0.5) is 5.82 Å². The standard InChI is InChI=1S/C13H20N2O/c1-2-7-15(9-11-3-4-11)13-6-5-12(10-16)8-14-13/h5-6,8,11,16H,2-4,7,9-10H2,1H3. The third kappa shape index (κ3) is 2.95. The van der Waals surface area contributed by atoms with Gasteiger partial charge in [-0.2, -0.15) is 0 Å². The van der Waals surface area contributed by atoms with Gasteiger partial charge in [0.05, 0.1) is 6.61 Å². The minimum absolute atomic E-state index is 0.0731. The molecule has 1 N–H and O–H groups in total.